The van der Waals surface area contributed by atoms with Gasteiger partial charge >= 0.3 is 0 Å². The van der Waals surface area contributed by atoms with Gasteiger partial charge in [0.2, 0.25) is 0 Å². The maximum absolute atomic E-state index is 12.1. The van der Waals surface area contributed by atoms with Gasteiger partial charge in [-0.1, -0.05) is 0 Å². The van der Waals surface area contributed by atoms with Crippen LogP contribution >= 0.6 is 11.8 Å². The molecule has 0 bridgehead atoms. The van der Waals surface area contributed by atoms with Crippen LogP contribution in [0, 0.1) is 17.0 Å². The van der Waals surface area contributed by atoms with Crippen molar-refractivity contribution >= 4 is 44.3 Å². The lowest BCUT2D eigenvalue weighted by atomic mass is 10.1. The summed E-state index contributed by atoms with van der Waals surface area (Å²) >= 11 is 1.95. The fraction of sp³-hybridized carbons (Fsp3) is 0.333. The Bertz CT molecular complexity index is 971. The Kier molecular flexibility index (Phi) is 5.61. The predicted molar refractivity (Wildman–Crippen MR) is 110 cm³/mol. The van der Waals surface area contributed by atoms with Crippen molar-refractivity contribution in [2.45, 2.75) is 11.8 Å². The van der Waals surface area contributed by atoms with Gasteiger partial charge in [-0.05, 0) is 36.8 Å². The molecule has 1 N–H and O–H groups in total. The molecule has 144 valence electrons. The van der Waals surface area contributed by atoms with Crippen LogP contribution < -0.4 is 10.2 Å². The van der Waals surface area contributed by atoms with E-state index in [-0.39, 0.29) is 10.6 Å². The quantitative estimate of drug-likeness (QED) is 0.598. The summed E-state index contributed by atoms with van der Waals surface area (Å²) in [4.78, 5) is 12.6. The SMILES string of the molecule is Cc1cc(Nc2ccc([N+](=O)[O-])cc2S(C)(=O)=O)ccc1N1CCSCC1. The average Bonchev–Trinajstić information content (AvgIpc) is 2.62. The number of aryl methyl sites for hydroxylation is 1. The zero-order valence-electron chi connectivity index (χ0n) is 15.1. The van der Waals surface area contributed by atoms with Gasteiger partial charge in [-0.25, -0.2) is 8.42 Å². The average molecular weight is 408 g/mol. The monoisotopic (exact) mass is 407 g/mol. The summed E-state index contributed by atoms with van der Waals surface area (Å²) in [7, 11) is -3.62. The van der Waals surface area contributed by atoms with Crippen molar-refractivity contribution in [3.63, 3.8) is 0 Å². The number of nitrogens with zero attached hydrogens (tertiary/aromatic N) is 2. The minimum Gasteiger partial charge on any atom is -0.370 e. The molecule has 0 aliphatic carbocycles. The van der Waals surface area contributed by atoms with E-state index >= 15 is 0 Å². The molecule has 9 heteroatoms. The molecule has 27 heavy (non-hydrogen) atoms. The topological polar surface area (TPSA) is 92.5 Å². The van der Waals surface area contributed by atoms with E-state index in [1.807, 2.05) is 36.9 Å². The molecule has 1 aliphatic rings. The van der Waals surface area contributed by atoms with Gasteiger partial charge in [-0.15, -0.1) is 0 Å². The fourth-order valence-electron chi connectivity index (χ4n) is 3.08. The third kappa shape index (κ3) is 4.54. The largest absolute Gasteiger partial charge is 0.370 e. The third-order valence-electron chi connectivity index (χ3n) is 4.40. The number of nitrogens with one attached hydrogen (secondary N) is 1. The van der Waals surface area contributed by atoms with E-state index < -0.39 is 14.8 Å². The highest BCUT2D eigenvalue weighted by atomic mass is 32.2. The number of nitro groups is 1. The third-order valence-corrected chi connectivity index (χ3v) is 6.48. The van der Waals surface area contributed by atoms with E-state index in [0.29, 0.717) is 5.69 Å². The van der Waals surface area contributed by atoms with E-state index in [4.69, 9.17) is 0 Å². The summed E-state index contributed by atoms with van der Waals surface area (Å²) in [5.74, 6) is 2.22. The van der Waals surface area contributed by atoms with Crippen LogP contribution in [0.25, 0.3) is 0 Å². The second-order valence-corrected chi connectivity index (χ2v) is 9.64. The Hall–Kier alpha value is -2.26. The smallest absolute Gasteiger partial charge is 0.270 e. The Morgan fingerprint density at radius 1 is 1.15 bits per heavy atom. The maximum atomic E-state index is 12.1. The van der Waals surface area contributed by atoms with E-state index in [1.54, 1.807) is 0 Å². The molecule has 7 nitrogen and oxygen atoms in total. The van der Waals surface area contributed by atoms with Crippen molar-refractivity contribution in [1.82, 2.24) is 0 Å². The van der Waals surface area contributed by atoms with Crippen molar-refractivity contribution in [2.75, 3.05) is 41.1 Å². The Labute approximate surface area is 162 Å². The van der Waals surface area contributed by atoms with E-state index in [1.165, 1.54) is 17.8 Å². The first-order valence-electron chi connectivity index (χ1n) is 8.44. The summed E-state index contributed by atoms with van der Waals surface area (Å²) in [5.41, 5.74) is 3.07. The molecule has 2 aromatic carbocycles. The van der Waals surface area contributed by atoms with Crippen molar-refractivity contribution in [3.8, 4) is 0 Å². The summed E-state index contributed by atoms with van der Waals surface area (Å²) < 4.78 is 24.2. The number of hydrogen-bond donors (Lipinski definition) is 1. The van der Waals surface area contributed by atoms with Crippen molar-refractivity contribution in [2.24, 2.45) is 0 Å². The molecule has 1 saturated heterocycles. The maximum Gasteiger partial charge on any atom is 0.270 e. The summed E-state index contributed by atoms with van der Waals surface area (Å²) in [6.45, 7) is 4.05. The van der Waals surface area contributed by atoms with Crippen LogP contribution in [0.3, 0.4) is 0 Å². The Balaban J connectivity index is 1.91. The van der Waals surface area contributed by atoms with Gasteiger partial charge in [0.15, 0.2) is 9.84 Å². The second-order valence-electron chi connectivity index (χ2n) is 6.44. The minimum absolute atomic E-state index is 0.0912. The van der Waals surface area contributed by atoms with Crippen LogP contribution in [-0.2, 0) is 9.84 Å². The Morgan fingerprint density at radius 2 is 1.85 bits per heavy atom. The molecule has 0 unspecified atom stereocenters. The zero-order valence-corrected chi connectivity index (χ0v) is 16.8. The summed E-state index contributed by atoms with van der Waals surface area (Å²) in [5, 5.41) is 14.1. The van der Waals surface area contributed by atoms with E-state index in [9.17, 15) is 18.5 Å². The summed E-state index contributed by atoms with van der Waals surface area (Å²) in [6.07, 6.45) is 1.04. The van der Waals surface area contributed by atoms with Crippen molar-refractivity contribution < 1.29 is 13.3 Å². The van der Waals surface area contributed by atoms with Gasteiger partial charge in [0.05, 0.1) is 15.5 Å². The van der Waals surface area contributed by atoms with Gasteiger partial charge in [0, 0.05) is 54.4 Å². The van der Waals surface area contributed by atoms with Gasteiger partial charge in [-0.2, -0.15) is 11.8 Å². The molecule has 0 radical (unpaired) electrons. The van der Waals surface area contributed by atoms with Gasteiger partial charge in [-0.3, -0.25) is 10.1 Å². The molecule has 3 rings (SSSR count). The van der Waals surface area contributed by atoms with Crippen molar-refractivity contribution in [1.29, 1.82) is 0 Å². The lowest BCUT2D eigenvalue weighted by molar-refractivity contribution is -0.385. The van der Waals surface area contributed by atoms with Crippen LogP contribution in [0.15, 0.2) is 41.3 Å². The lowest BCUT2D eigenvalue weighted by Gasteiger charge is -2.30. The van der Waals surface area contributed by atoms with Crippen LogP contribution in [0.1, 0.15) is 5.56 Å². The van der Waals surface area contributed by atoms with Crippen LogP contribution in [0.2, 0.25) is 0 Å². The van der Waals surface area contributed by atoms with Crippen LogP contribution in [0.5, 0.6) is 0 Å². The molecule has 2 aromatic rings. The van der Waals surface area contributed by atoms with Gasteiger partial charge in [0.1, 0.15) is 0 Å². The first-order chi connectivity index (χ1) is 12.8. The number of sulfone groups is 1. The van der Waals surface area contributed by atoms with Gasteiger partial charge in [0.25, 0.3) is 5.69 Å². The first kappa shape index (κ1) is 19.5. The Morgan fingerprint density at radius 3 is 2.44 bits per heavy atom. The number of non-ortho nitro benzene ring substituents is 1. The van der Waals surface area contributed by atoms with Crippen LogP contribution in [-0.4, -0.2) is 44.2 Å². The predicted octanol–water partition coefficient (Wildman–Crippen LogP) is 3.60. The number of nitro benzene ring substituents is 1. The minimum atomic E-state index is -3.62. The molecule has 1 heterocycles. The fourth-order valence-corrected chi connectivity index (χ4v) is 4.84. The lowest BCUT2D eigenvalue weighted by Crippen LogP contribution is -2.32. The second kappa shape index (κ2) is 7.77. The first-order valence-corrected chi connectivity index (χ1v) is 11.5. The molecule has 0 spiro atoms. The molecule has 0 atom stereocenters. The van der Waals surface area contributed by atoms with E-state index in [0.717, 1.165) is 48.2 Å². The highest BCUT2D eigenvalue weighted by Crippen LogP contribution is 2.31. The number of benzene rings is 2. The number of hydrogen-bond acceptors (Lipinski definition) is 7. The zero-order chi connectivity index (χ0) is 19.6. The van der Waals surface area contributed by atoms with Crippen LogP contribution in [0.4, 0.5) is 22.7 Å². The summed E-state index contributed by atoms with van der Waals surface area (Å²) in [6, 6.07) is 9.70. The molecular formula is C18H21N3O4S2. The number of anilines is 3. The molecule has 0 aromatic heterocycles. The molecule has 1 aliphatic heterocycles. The van der Waals surface area contributed by atoms with Crippen molar-refractivity contribution in [3.05, 3.63) is 52.1 Å². The number of thioether (sulfide) groups is 1. The van der Waals surface area contributed by atoms with E-state index in [2.05, 4.69) is 10.2 Å². The highest BCUT2D eigenvalue weighted by Gasteiger charge is 2.19. The normalized spacial score (nSPS) is 14.8. The molecular weight excluding hydrogens is 386 g/mol. The molecule has 0 saturated carbocycles. The standard InChI is InChI=1S/C18H21N3O4S2/c1-13-11-14(3-6-17(13)20-7-9-26-10-8-20)19-16-5-4-15(21(22)23)12-18(16)27(2,24)25/h3-6,11-12,19H,7-10H2,1-2H3. The molecule has 0 amide bonds. The molecule has 1 fully saturated rings. The van der Waals surface area contributed by atoms with Gasteiger partial charge < -0.3 is 10.2 Å². The number of rotatable bonds is 5. The highest BCUT2D eigenvalue weighted by molar-refractivity contribution is 7.99.